The lowest BCUT2D eigenvalue weighted by Gasteiger charge is -2.04. The molecule has 0 amide bonds. The smallest absolute Gasteiger partial charge is 0.348 e. The van der Waals surface area contributed by atoms with E-state index in [0.717, 1.165) is 74.0 Å². The highest BCUT2D eigenvalue weighted by Gasteiger charge is 2.28. The van der Waals surface area contributed by atoms with Crippen LogP contribution in [0, 0.1) is 17.9 Å². The molecule has 0 bridgehead atoms. The highest BCUT2D eigenvalue weighted by Crippen LogP contribution is 2.55. The van der Waals surface area contributed by atoms with Gasteiger partial charge in [0.05, 0.1) is 19.8 Å². The van der Waals surface area contributed by atoms with Gasteiger partial charge in [-0.25, -0.2) is 9.64 Å². The van der Waals surface area contributed by atoms with Crippen molar-refractivity contribution < 1.29 is 19.1 Å². The zero-order chi connectivity index (χ0) is 96.6. The Balaban J connectivity index is 0.959. The van der Waals surface area contributed by atoms with Crippen LogP contribution in [0.4, 0.5) is 0 Å². The highest BCUT2D eigenvalue weighted by molar-refractivity contribution is 7.33. The number of nitriles is 1. The van der Waals surface area contributed by atoms with Crippen LogP contribution in [0.1, 0.15) is 425 Å². The molecule has 0 aliphatic heterocycles. The van der Waals surface area contributed by atoms with E-state index >= 15 is 0 Å². The Morgan fingerprint density at radius 2 is 0.504 bits per heavy atom. The van der Waals surface area contributed by atoms with E-state index in [1.54, 1.807) is 35.7 Å². The van der Waals surface area contributed by atoms with E-state index in [1.165, 1.54) is 445 Å². The number of unbranched alkanes of at least 4 members (excludes halogenated alkanes) is 40. The molecule has 0 fully saturated rings. The third-order valence-electron chi connectivity index (χ3n) is 26.9. The number of carbonyl (C=O) groups is 2. The van der Waals surface area contributed by atoms with Crippen molar-refractivity contribution in [1.82, 2.24) is 0 Å². The first-order chi connectivity index (χ1) is 67.3. The van der Waals surface area contributed by atoms with Gasteiger partial charge in [-0.3, -0.25) is 0 Å². The van der Waals surface area contributed by atoms with Gasteiger partial charge in [0.15, 0.2) is 5.78 Å². The summed E-state index contributed by atoms with van der Waals surface area (Å²) < 4.78 is 10.6. The minimum atomic E-state index is -0.553. The van der Waals surface area contributed by atoms with Crippen molar-refractivity contribution in [3.63, 3.8) is 0 Å². The lowest BCUT2D eigenvalue weighted by molar-refractivity contribution is -0.137. The molecule has 0 aromatic carbocycles. The molecule has 0 spiro atoms. The number of carbonyl (C=O) groups excluding carboxylic acids is 2. The monoisotopic (exact) mass is 2050 g/mol. The standard InChI is InChI=1S/C120H162N2O4S11/c1-12-21-29-37-45-53-61-87-75-96(77-95(85-121)120(124)126-20-9)127-116(87)108-80-91(65-57-49-41-33-25-16-5)112(134-108)102-71-73-104(130-102)114-93(67-59-51-43-35-27-18-7)82-110(136-114)118-89(63-55-47-39-31-23-14-3)78-106(132-118)100-69-70-101(129-100)107-79-90(64-56-48-40-32-24-15-4)119(133-107)111-83-94(68-60-52-44-36-28-19-8)115(137-111)105-74-72-103(131-105)113-92(66-58-50-42-34-26-17-6)81-109(135-113)117-88(62-54-46-38-30-22-13-2)76-97(128-117)84-98(122-10)99(123)86-125-11/h69-84H,12-68,86H2,1-9,11H3/b95-77+,98-84-. The largest absolute Gasteiger partial charge is 0.462 e. The van der Waals surface area contributed by atoms with E-state index in [9.17, 15) is 14.9 Å². The number of aryl methyl sites for hydroxylation is 8. The maximum absolute atomic E-state index is 13.2. The SMILES string of the molecule is [C-]#[N+]/C(=C\c1cc(CCCCCCCC)c(-c2cc(CCCCCCCC)c(-c3ccc(-c4sc(-c5sc(-c6ccc(-c7cc(CCCCCCCC)c(-c8cc(CCCCCCCC)c(-c9ccc(-c%10sc(-c%11sc(/C=C(\C#N)C(=O)OCC)cc%11CCCCCCCC)cc%10CCCCCCCC)s9)s8)s7)s6)cc5CCCCCCCC)cc4CCCCCCCC)s3)s2)s1)C(=O)COC. The number of hydrogen-bond acceptors (Lipinski definition) is 16. The number of methoxy groups -OCH3 is 1. The number of thiophene rings is 11. The number of esters is 1. The van der Waals surface area contributed by atoms with E-state index in [1.807, 2.05) is 62.8 Å². The fourth-order valence-corrected chi connectivity index (χ4v) is 32.9. The van der Waals surface area contributed by atoms with E-state index in [4.69, 9.17) is 16.0 Å². The van der Waals surface area contributed by atoms with Gasteiger partial charge < -0.3 is 14.3 Å². The third-order valence-corrected chi connectivity index (χ3v) is 41.3. The Morgan fingerprint density at radius 3 is 0.759 bits per heavy atom. The Bertz CT molecular complexity index is 5160. The molecule has 11 aromatic rings. The van der Waals surface area contributed by atoms with Gasteiger partial charge in [0.2, 0.25) is 5.70 Å². The maximum atomic E-state index is 13.2. The lowest BCUT2D eigenvalue weighted by atomic mass is 10.0. The molecule has 11 aromatic heterocycles. The molecule has 0 atom stereocenters. The van der Waals surface area contributed by atoms with Crippen molar-refractivity contribution in [2.24, 2.45) is 0 Å². The predicted molar refractivity (Wildman–Crippen MR) is 616 cm³/mol. The number of Topliss-reactive ketones (excluding diaryl/α,β-unsaturated/α-hetero) is 1. The summed E-state index contributed by atoms with van der Waals surface area (Å²) in [5, 5.41) is 10.2. The van der Waals surface area contributed by atoms with E-state index in [0.29, 0.717) is 0 Å². The maximum Gasteiger partial charge on any atom is 0.348 e. The van der Waals surface area contributed by atoms with Crippen LogP contribution in [0.3, 0.4) is 0 Å². The van der Waals surface area contributed by atoms with Crippen molar-refractivity contribution >= 4 is 149 Å². The van der Waals surface area contributed by atoms with Crippen LogP contribution >= 0.6 is 125 Å². The van der Waals surface area contributed by atoms with E-state index in [-0.39, 0.29) is 30.3 Å². The minimum Gasteiger partial charge on any atom is -0.462 e. The molecule has 0 saturated carbocycles. The molecule has 0 aliphatic carbocycles. The Hall–Kier alpha value is -5.74. The van der Waals surface area contributed by atoms with Gasteiger partial charge in [-0.2, -0.15) is 5.26 Å². The summed E-state index contributed by atoms with van der Waals surface area (Å²) >= 11 is 21.8. The van der Waals surface area contributed by atoms with Crippen molar-refractivity contribution in [1.29, 1.82) is 5.26 Å². The first-order valence-electron chi connectivity index (χ1n) is 54.1. The molecule has 742 valence electrons. The van der Waals surface area contributed by atoms with Gasteiger partial charge in [0.1, 0.15) is 11.6 Å². The molecule has 0 aliphatic rings. The normalized spacial score (nSPS) is 12.0. The zero-order valence-corrected chi connectivity index (χ0v) is 94.2. The van der Waals surface area contributed by atoms with Crippen LogP contribution in [0.5, 0.6) is 0 Å². The van der Waals surface area contributed by atoms with Crippen LogP contribution in [-0.2, 0) is 70.4 Å². The summed E-state index contributed by atoms with van der Waals surface area (Å²) in [5.41, 5.74) is 11.9. The Kier molecular flexibility index (Phi) is 51.7. The van der Waals surface area contributed by atoms with Crippen LogP contribution in [0.15, 0.2) is 96.2 Å². The lowest BCUT2D eigenvalue weighted by Crippen LogP contribution is -2.07. The van der Waals surface area contributed by atoms with Crippen molar-refractivity contribution in [2.45, 2.75) is 422 Å². The summed E-state index contributed by atoms with van der Waals surface area (Å²) in [6.07, 6.45) is 72.6. The summed E-state index contributed by atoms with van der Waals surface area (Å²) in [7, 11) is 1.53. The summed E-state index contributed by atoms with van der Waals surface area (Å²) in [6.45, 7) is 28.5. The molecule has 6 nitrogen and oxygen atoms in total. The molecule has 0 N–H and O–H groups in total. The fourth-order valence-electron chi connectivity index (χ4n) is 19.0. The number of ketones is 1. The van der Waals surface area contributed by atoms with E-state index < -0.39 is 5.97 Å². The molecule has 0 radical (unpaired) electrons. The van der Waals surface area contributed by atoms with Crippen molar-refractivity contribution in [2.75, 3.05) is 20.3 Å². The first kappa shape index (κ1) is 112. The number of hydrogen-bond donors (Lipinski definition) is 0. The van der Waals surface area contributed by atoms with Crippen LogP contribution in [-0.4, -0.2) is 32.1 Å². The molecule has 137 heavy (non-hydrogen) atoms. The second-order valence-electron chi connectivity index (χ2n) is 38.3. The third kappa shape index (κ3) is 35.0. The van der Waals surface area contributed by atoms with Crippen molar-refractivity contribution in [3.05, 3.63) is 162 Å². The Labute approximate surface area is 872 Å². The van der Waals surface area contributed by atoms with Gasteiger partial charge in [0, 0.05) is 114 Å². The minimum absolute atomic E-state index is 0.0585. The molecule has 11 heterocycles. The predicted octanol–water partition coefficient (Wildman–Crippen LogP) is 43.2. The zero-order valence-electron chi connectivity index (χ0n) is 85.3. The summed E-state index contributed by atoms with van der Waals surface area (Å²) in [6, 6.07) is 37.2. The fraction of sp³-hybridized carbons (Fsp3) is 0.567. The molecular weight excluding hydrogens is 1890 g/mol. The van der Waals surface area contributed by atoms with Crippen LogP contribution < -0.4 is 0 Å². The average Bonchev–Trinajstić information content (AvgIpc) is 1.63. The average molecular weight is 2050 g/mol. The van der Waals surface area contributed by atoms with E-state index in [2.05, 4.69) is 197 Å². The molecular formula is C120H162N2O4S11. The summed E-state index contributed by atoms with van der Waals surface area (Å²) in [4.78, 5) is 59.8. The first-order valence-corrected chi connectivity index (χ1v) is 63.0. The van der Waals surface area contributed by atoms with Gasteiger partial charge >= 0.3 is 5.97 Å². The quantitative estimate of drug-likeness (QED) is 0.0125. The molecule has 11 rings (SSSR count). The van der Waals surface area contributed by atoms with Gasteiger partial charge in [-0.15, -0.1) is 125 Å². The number of ether oxygens (including phenoxy) is 2. The topological polar surface area (TPSA) is 80.8 Å². The second kappa shape index (κ2) is 63.4. The van der Waals surface area contributed by atoms with Gasteiger partial charge in [-0.1, -0.05) is 312 Å². The molecule has 17 heteroatoms. The molecule has 0 saturated heterocycles. The summed E-state index contributed by atoms with van der Waals surface area (Å²) in [5.74, 6) is -0.821. The second-order valence-corrected chi connectivity index (χ2v) is 50.1. The number of rotatable bonds is 73. The molecule has 0 unspecified atom stereocenters. The highest BCUT2D eigenvalue weighted by atomic mass is 32.1. The number of nitrogens with zero attached hydrogens (tertiary/aromatic N) is 2. The van der Waals surface area contributed by atoms with Crippen LogP contribution in [0.2, 0.25) is 0 Å². The van der Waals surface area contributed by atoms with Gasteiger partial charge in [-0.05, 0) is 251 Å². The van der Waals surface area contributed by atoms with Gasteiger partial charge in [0.25, 0.3) is 0 Å². The Morgan fingerprint density at radius 1 is 0.285 bits per heavy atom. The van der Waals surface area contributed by atoms with Crippen LogP contribution in [0.25, 0.3) is 115 Å². The van der Waals surface area contributed by atoms with Crippen molar-refractivity contribution in [3.8, 4) is 104 Å².